The number of fused-ring (bicyclic) bond motifs is 1. The molecule has 4 rings (SSSR count). The van der Waals surface area contributed by atoms with Gasteiger partial charge < -0.3 is 4.74 Å². The van der Waals surface area contributed by atoms with Gasteiger partial charge in [-0.2, -0.15) is 0 Å². The molecule has 2 aromatic carbocycles. The molecule has 1 aromatic heterocycles. The van der Waals surface area contributed by atoms with Crippen molar-refractivity contribution in [3.05, 3.63) is 71.7 Å². The molecule has 3 aromatic rings. The number of piperazine rings is 1. The molecule has 0 radical (unpaired) electrons. The minimum Gasteiger partial charge on any atom is -0.494 e. The summed E-state index contributed by atoms with van der Waals surface area (Å²) in [5.74, 6) is 0.00795. The van der Waals surface area contributed by atoms with Crippen molar-refractivity contribution in [1.29, 1.82) is 0 Å². The van der Waals surface area contributed by atoms with Crippen molar-refractivity contribution in [2.24, 2.45) is 0 Å². The second kappa shape index (κ2) is 8.03. The Labute approximate surface area is 159 Å². The van der Waals surface area contributed by atoms with Gasteiger partial charge in [0.05, 0.1) is 12.6 Å². The normalized spacial score (nSPS) is 15.9. The second-order valence-corrected chi connectivity index (χ2v) is 7.05. The average Bonchev–Trinajstić information content (AvgIpc) is 2.70. The molecule has 0 spiro atoms. The van der Waals surface area contributed by atoms with Crippen LogP contribution in [0.5, 0.6) is 5.75 Å². The molecule has 0 saturated carbocycles. The molecule has 0 amide bonds. The first-order chi connectivity index (χ1) is 13.2. The number of benzene rings is 2. The average molecular weight is 365 g/mol. The smallest absolute Gasteiger partial charge is 0.165 e. The minimum atomic E-state index is -0.292. The first-order valence-corrected chi connectivity index (χ1v) is 9.32. The molecule has 2 heterocycles. The Balaban J connectivity index is 1.32. The van der Waals surface area contributed by atoms with Crippen molar-refractivity contribution in [3.63, 3.8) is 0 Å². The maximum atomic E-state index is 13.9. The van der Waals surface area contributed by atoms with Crippen LogP contribution in [0.1, 0.15) is 11.1 Å². The van der Waals surface area contributed by atoms with E-state index in [0.717, 1.165) is 50.3 Å². The van der Waals surface area contributed by atoms with Crippen LogP contribution in [-0.2, 0) is 13.1 Å². The molecule has 1 aliphatic rings. The number of rotatable bonds is 5. The molecule has 0 atom stereocenters. The van der Waals surface area contributed by atoms with Crippen LogP contribution in [0.15, 0.2) is 54.7 Å². The van der Waals surface area contributed by atoms with Gasteiger partial charge in [-0.3, -0.25) is 14.8 Å². The summed E-state index contributed by atoms with van der Waals surface area (Å²) in [5, 5.41) is 1.19. The highest BCUT2D eigenvalue weighted by atomic mass is 19.1. The van der Waals surface area contributed by atoms with Gasteiger partial charge in [-0.05, 0) is 41.5 Å². The summed E-state index contributed by atoms with van der Waals surface area (Å²) in [6.45, 7) is 5.74. The molecule has 0 bridgehead atoms. The highest BCUT2D eigenvalue weighted by Crippen LogP contribution is 2.20. The lowest BCUT2D eigenvalue weighted by Crippen LogP contribution is -2.45. The second-order valence-electron chi connectivity index (χ2n) is 7.05. The summed E-state index contributed by atoms with van der Waals surface area (Å²) in [4.78, 5) is 9.23. The Bertz CT molecular complexity index is 922. The quantitative estimate of drug-likeness (QED) is 0.689. The number of aromatic nitrogens is 1. The lowest BCUT2D eigenvalue weighted by Gasteiger charge is -2.34. The van der Waals surface area contributed by atoms with Gasteiger partial charge in [-0.15, -0.1) is 0 Å². The summed E-state index contributed by atoms with van der Waals surface area (Å²) in [6, 6.07) is 15.8. The van der Waals surface area contributed by atoms with E-state index in [-0.39, 0.29) is 5.82 Å². The van der Waals surface area contributed by atoms with Gasteiger partial charge in [-0.25, -0.2) is 4.39 Å². The van der Waals surface area contributed by atoms with E-state index >= 15 is 0 Å². The molecule has 5 heteroatoms. The number of ether oxygens (including phenoxy) is 1. The van der Waals surface area contributed by atoms with Gasteiger partial charge in [0.2, 0.25) is 0 Å². The van der Waals surface area contributed by atoms with Crippen LogP contribution in [0.4, 0.5) is 4.39 Å². The fourth-order valence-corrected chi connectivity index (χ4v) is 3.65. The standard InChI is InChI=1S/C22H24FN3O/c1-27-22-7-5-18(14-20(22)23)16-26-11-9-25(10-12-26)15-17-4-6-21-19(13-17)3-2-8-24-21/h2-8,13-14H,9-12,15-16H2,1H3. The van der Waals surface area contributed by atoms with Crippen molar-refractivity contribution in [2.75, 3.05) is 33.3 Å². The first kappa shape index (κ1) is 17.9. The largest absolute Gasteiger partial charge is 0.494 e. The molecule has 140 valence electrons. The lowest BCUT2D eigenvalue weighted by atomic mass is 10.1. The van der Waals surface area contributed by atoms with Gasteiger partial charge in [0.25, 0.3) is 0 Å². The van der Waals surface area contributed by atoms with Gasteiger partial charge >= 0.3 is 0 Å². The third-order valence-electron chi connectivity index (χ3n) is 5.16. The topological polar surface area (TPSA) is 28.6 Å². The molecular weight excluding hydrogens is 341 g/mol. The molecule has 0 N–H and O–H groups in total. The number of pyridine rings is 1. The molecule has 0 aliphatic carbocycles. The summed E-state index contributed by atoms with van der Waals surface area (Å²) in [6.07, 6.45) is 1.83. The van der Waals surface area contributed by atoms with E-state index < -0.39 is 0 Å². The molecule has 27 heavy (non-hydrogen) atoms. The van der Waals surface area contributed by atoms with Crippen molar-refractivity contribution in [3.8, 4) is 5.75 Å². The van der Waals surface area contributed by atoms with E-state index in [2.05, 4.69) is 39.0 Å². The van der Waals surface area contributed by atoms with E-state index in [1.54, 1.807) is 12.1 Å². The number of nitrogens with zero attached hydrogens (tertiary/aromatic N) is 3. The summed E-state index contributed by atoms with van der Waals surface area (Å²) < 4.78 is 18.9. The molecular formula is C22H24FN3O. The van der Waals surface area contributed by atoms with Crippen LogP contribution in [-0.4, -0.2) is 48.1 Å². The van der Waals surface area contributed by atoms with E-state index in [0.29, 0.717) is 5.75 Å². The molecule has 1 saturated heterocycles. The highest BCUT2D eigenvalue weighted by Gasteiger charge is 2.17. The lowest BCUT2D eigenvalue weighted by molar-refractivity contribution is 0.122. The Kier molecular flexibility index (Phi) is 5.32. The van der Waals surface area contributed by atoms with Crippen molar-refractivity contribution in [1.82, 2.24) is 14.8 Å². The maximum Gasteiger partial charge on any atom is 0.165 e. The Morgan fingerprint density at radius 2 is 1.59 bits per heavy atom. The Hall–Kier alpha value is -2.50. The molecule has 1 aliphatic heterocycles. The third-order valence-corrected chi connectivity index (χ3v) is 5.16. The van der Waals surface area contributed by atoms with Crippen molar-refractivity contribution >= 4 is 10.9 Å². The molecule has 4 nitrogen and oxygen atoms in total. The zero-order chi connectivity index (χ0) is 18.6. The SMILES string of the molecule is COc1ccc(CN2CCN(Cc3ccc4ncccc4c3)CC2)cc1F. The predicted molar refractivity (Wildman–Crippen MR) is 105 cm³/mol. The zero-order valence-electron chi connectivity index (χ0n) is 15.6. The molecule has 1 fully saturated rings. The van der Waals surface area contributed by atoms with Crippen LogP contribution < -0.4 is 4.74 Å². The van der Waals surface area contributed by atoms with Crippen molar-refractivity contribution in [2.45, 2.75) is 13.1 Å². The summed E-state index contributed by atoms with van der Waals surface area (Å²) in [7, 11) is 1.49. The van der Waals surface area contributed by atoms with E-state index in [1.807, 2.05) is 18.3 Å². The Morgan fingerprint density at radius 3 is 2.26 bits per heavy atom. The number of methoxy groups -OCH3 is 1. The van der Waals surface area contributed by atoms with Crippen molar-refractivity contribution < 1.29 is 9.13 Å². The van der Waals surface area contributed by atoms with Crippen LogP contribution in [0.25, 0.3) is 10.9 Å². The van der Waals surface area contributed by atoms with Crippen LogP contribution in [0.3, 0.4) is 0 Å². The van der Waals surface area contributed by atoms with Crippen LogP contribution >= 0.6 is 0 Å². The van der Waals surface area contributed by atoms with Crippen LogP contribution in [0.2, 0.25) is 0 Å². The van der Waals surface area contributed by atoms with Gasteiger partial charge in [0.15, 0.2) is 11.6 Å². The number of hydrogen-bond acceptors (Lipinski definition) is 4. The maximum absolute atomic E-state index is 13.9. The number of hydrogen-bond donors (Lipinski definition) is 0. The summed E-state index contributed by atoms with van der Waals surface area (Å²) >= 11 is 0. The predicted octanol–water partition coefficient (Wildman–Crippen LogP) is 3.70. The molecule has 0 unspecified atom stereocenters. The summed E-state index contributed by atoms with van der Waals surface area (Å²) in [5.41, 5.74) is 3.35. The monoisotopic (exact) mass is 365 g/mol. The number of halogens is 1. The van der Waals surface area contributed by atoms with E-state index in [9.17, 15) is 4.39 Å². The van der Waals surface area contributed by atoms with E-state index in [1.165, 1.54) is 18.1 Å². The fourth-order valence-electron chi connectivity index (χ4n) is 3.65. The first-order valence-electron chi connectivity index (χ1n) is 9.32. The van der Waals surface area contributed by atoms with Gasteiger partial charge in [-0.1, -0.05) is 18.2 Å². The Morgan fingerprint density at radius 1 is 0.926 bits per heavy atom. The zero-order valence-corrected chi connectivity index (χ0v) is 15.6. The fraction of sp³-hybridized carbons (Fsp3) is 0.318. The van der Waals surface area contributed by atoms with Gasteiger partial charge in [0.1, 0.15) is 0 Å². The van der Waals surface area contributed by atoms with Crippen LogP contribution in [0, 0.1) is 5.82 Å². The highest BCUT2D eigenvalue weighted by molar-refractivity contribution is 5.78. The third kappa shape index (κ3) is 4.26. The minimum absolute atomic E-state index is 0.292. The van der Waals surface area contributed by atoms with Gasteiger partial charge in [0, 0.05) is 50.9 Å². The van der Waals surface area contributed by atoms with E-state index in [4.69, 9.17) is 4.74 Å².